The summed E-state index contributed by atoms with van der Waals surface area (Å²) in [6.45, 7) is 4.08. The number of aliphatic hydroxyl groups excluding tert-OH is 1. The van der Waals surface area contributed by atoms with Crippen LogP contribution < -0.4 is 5.32 Å². The number of hydrogen-bond acceptors (Lipinski definition) is 3. The van der Waals surface area contributed by atoms with Gasteiger partial charge in [0.05, 0.1) is 12.3 Å². The van der Waals surface area contributed by atoms with Crippen LogP contribution in [0.1, 0.15) is 25.5 Å². The van der Waals surface area contributed by atoms with E-state index in [-0.39, 0.29) is 11.9 Å². The summed E-state index contributed by atoms with van der Waals surface area (Å²) >= 11 is 0. The Morgan fingerprint density at radius 2 is 2.21 bits per heavy atom. The number of hydrogen-bond donors (Lipinski definition) is 2. The summed E-state index contributed by atoms with van der Waals surface area (Å²) in [6.07, 6.45) is 2.38. The molecule has 0 aliphatic rings. The second-order valence-corrected chi connectivity index (χ2v) is 3.42. The van der Waals surface area contributed by atoms with Crippen LogP contribution in [0, 0.1) is 5.82 Å². The zero-order valence-electron chi connectivity index (χ0n) is 8.37. The maximum atomic E-state index is 12.8. The molecule has 0 spiro atoms. The van der Waals surface area contributed by atoms with Crippen LogP contribution in [0.5, 0.6) is 0 Å². The Bertz CT molecular complexity index is 291. The molecule has 0 aliphatic heterocycles. The average molecular weight is 198 g/mol. The molecule has 78 valence electrons. The monoisotopic (exact) mass is 198 g/mol. The van der Waals surface area contributed by atoms with Crippen LogP contribution in [-0.4, -0.2) is 22.7 Å². The first kappa shape index (κ1) is 11.1. The second kappa shape index (κ2) is 5.02. The van der Waals surface area contributed by atoms with Crippen molar-refractivity contribution in [2.24, 2.45) is 0 Å². The lowest BCUT2D eigenvalue weighted by Crippen LogP contribution is -2.27. The number of halogens is 1. The Morgan fingerprint density at radius 1 is 1.50 bits per heavy atom. The summed E-state index contributed by atoms with van der Waals surface area (Å²) in [4.78, 5) is 3.75. The molecule has 1 aromatic heterocycles. The highest BCUT2D eigenvalue weighted by atomic mass is 19.1. The van der Waals surface area contributed by atoms with E-state index in [0.717, 1.165) is 5.56 Å². The Hall–Kier alpha value is -1.00. The molecule has 1 aromatic rings. The van der Waals surface area contributed by atoms with Crippen LogP contribution >= 0.6 is 0 Å². The van der Waals surface area contributed by atoms with E-state index in [1.165, 1.54) is 12.3 Å². The minimum absolute atomic E-state index is 0.00667. The van der Waals surface area contributed by atoms with E-state index in [1.54, 1.807) is 13.1 Å². The van der Waals surface area contributed by atoms with Gasteiger partial charge in [-0.15, -0.1) is 0 Å². The zero-order valence-corrected chi connectivity index (χ0v) is 8.37. The molecule has 1 unspecified atom stereocenters. The third kappa shape index (κ3) is 3.40. The standard InChI is InChI=1S/C10H15FN2O/c1-7(14)4-13-8(2)9-3-10(11)6-12-5-9/h3,5-8,13-14H,4H2,1-2H3/t7-,8?/m0/s1. The van der Waals surface area contributed by atoms with Gasteiger partial charge in [-0.3, -0.25) is 4.98 Å². The van der Waals surface area contributed by atoms with Gasteiger partial charge in [0.15, 0.2) is 0 Å². The van der Waals surface area contributed by atoms with Gasteiger partial charge in [-0.2, -0.15) is 0 Å². The largest absolute Gasteiger partial charge is 0.392 e. The lowest BCUT2D eigenvalue weighted by Gasteiger charge is -2.14. The summed E-state index contributed by atoms with van der Waals surface area (Å²) in [7, 11) is 0. The topological polar surface area (TPSA) is 45.1 Å². The van der Waals surface area contributed by atoms with Gasteiger partial charge in [0.25, 0.3) is 0 Å². The van der Waals surface area contributed by atoms with Crippen molar-refractivity contribution in [2.75, 3.05) is 6.54 Å². The molecule has 4 heteroatoms. The summed E-state index contributed by atoms with van der Waals surface area (Å²) < 4.78 is 12.8. The van der Waals surface area contributed by atoms with Crippen molar-refractivity contribution in [3.63, 3.8) is 0 Å². The molecular formula is C10H15FN2O. The number of rotatable bonds is 4. The fourth-order valence-corrected chi connectivity index (χ4v) is 1.13. The molecule has 3 nitrogen and oxygen atoms in total. The second-order valence-electron chi connectivity index (χ2n) is 3.42. The van der Waals surface area contributed by atoms with E-state index in [9.17, 15) is 4.39 Å². The van der Waals surface area contributed by atoms with E-state index < -0.39 is 6.10 Å². The van der Waals surface area contributed by atoms with E-state index in [4.69, 9.17) is 5.11 Å². The van der Waals surface area contributed by atoms with Gasteiger partial charge in [0.2, 0.25) is 0 Å². The van der Waals surface area contributed by atoms with Gasteiger partial charge < -0.3 is 10.4 Å². The van der Waals surface area contributed by atoms with Gasteiger partial charge in [-0.05, 0) is 25.5 Å². The van der Waals surface area contributed by atoms with Crippen LogP contribution in [-0.2, 0) is 0 Å². The maximum absolute atomic E-state index is 12.8. The lowest BCUT2D eigenvalue weighted by atomic mass is 10.1. The van der Waals surface area contributed by atoms with Gasteiger partial charge >= 0.3 is 0 Å². The van der Waals surface area contributed by atoms with Gasteiger partial charge in [-0.25, -0.2) is 4.39 Å². The van der Waals surface area contributed by atoms with Gasteiger partial charge in [0, 0.05) is 18.8 Å². The molecule has 1 rings (SSSR count). The molecular weight excluding hydrogens is 183 g/mol. The molecule has 0 aromatic carbocycles. The van der Waals surface area contributed by atoms with Crippen molar-refractivity contribution < 1.29 is 9.50 Å². The summed E-state index contributed by atoms with van der Waals surface area (Å²) in [5.74, 6) is -0.340. The quantitative estimate of drug-likeness (QED) is 0.765. The SMILES string of the molecule is CC(NC[C@H](C)O)c1cncc(F)c1. The summed E-state index contributed by atoms with van der Waals surface area (Å²) in [5.41, 5.74) is 0.783. The molecule has 0 aliphatic carbocycles. The molecule has 0 saturated heterocycles. The number of aliphatic hydroxyl groups is 1. The van der Waals surface area contributed by atoms with Gasteiger partial charge in [0.1, 0.15) is 5.82 Å². The number of nitrogens with zero attached hydrogens (tertiary/aromatic N) is 1. The van der Waals surface area contributed by atoms with E-state index in [0.29, 0.717) is 6.54 Å². The predicted molar refractivity (Wildman–Crippen MR) is 52.3 cm³/mol. The number of nitrogens with one attached hydrogen (secondary N) is 1. The predicted octanol–water partition coefficient (Wildman–Crippen LogP) is 1.25. The normalized spacial score (nSPS) is 15.1. The van der Waals surface area contributed by atoms with Crippen LogP contribution in [0.4, 0.5) is 4.39 Å². The molecule has 0 radical (unpaired) electrons. The van der Waals surface area contributed by atoms with Crippen molar-refractivity contribution in [2.45, 2.75) is 26.0 Å². The first-order chi connectivity index (χ1) is 6.59. The smallest absolute Gasteiger partial charge is 0.141 e. The van der Waals surface area contributed by atoms with Crippen molar-refractivity contribution in [1.82, 2.24) is 10.3 Å². The fraction of sp³-hybridized carbons (Fsp3) is 0.500. The molecule has 0 saturated carbocycles. The van der Waals surface area contributed by atoms with Crippen LogP contribution in [0.25, 0.3) is 0 Å². The van der Waals surface area contributed by atoms with Crippen molar-refractivity contribution in [3.8, 4) is 0 Å². The third-order valence-electron chi connectivity index (χ3n) is 1.95. The van der Waals surface area contributed by atoms with E-state index >= 15 is 0 Å². The van der Waals surface area contributed by atoms with Gasteiger partial charge in [-0.1, -0.05) is 0 Å². The first-order valence-electron chi connectivity index (χ1n) is 4.61. The summed E-state index contributed by atoms with van der Waals surface area (Å²) in [6, 6.07) is 1.43. The van der Waals surface area contributed by atoms with Crippen molar-refractivity contribution >= 4 is 0 Å². The summed E-state index contributed by atoms with van der Waals surface area (Å²) in [5, 5.41) is 12.1. The van der Waals surface area contributed by atoms with E-state index in [1.807, 2.05) is 6.92 Å². The molecule has 0 fully saturated rings. The number of pyridine rings is 1. The Kier molecular flexibility index (Phi) is 3.98. The molecule has 2 atom stereocenters. The molecule has 0 amide bonds. The Morgan fingerprint density at radius 3 is 2.79 bits per heavy atom. The fourth-order valence-electron chi connectivity index (χ4n) is 1.13. The maximum Gasteiger partial charge on any atom is 0.141 e. The molecule has 2 N–H and O–H groups in total. The van der Waals surface area contributed by atoms with Crippen LogP contribution in [0.3, 0.4) is 0 Å². The highest BCUT2D eigenvalue weighted by molar-refractivity contribution is 5.14. The van der Waals surface area contributed by atoms with Crippen LogP contribution in [0.2, 0.25) is 0 Å². The highest BCUT2D eigenvalue weighted by Crippen LogP contribution is 2.11. The Labute approximate surface area is 83.0 Å². The number of aromatic nitrogens is 1. The zero-order chi connectivity index (χ0) is 10.6. The molecule has 14 heavy (non-hydrogen) atoms. The minimum Gasteiger partial charge on any atom is -0.392 e. The first-order valence-corrected chi connectivity index (χ1v) is 4.61. The van der Waals surface area contributed by atoms with E-state index in [2.05, 4.69) is 10.3 Å². The lowest BCUT2D eigenvalue weighted by molar-refractivity contribution is 0.187. The third-order valence-corrected chi connectivity index (χ3v) is 1.95. The molecule has 0 bridgehead atoms. The minimum atomic E-state index is -0.404. The van der Waals surface area contributed by atoms with Crippen molar-refractivity contribution in [1.29, 1.82) is 0 Å². The molecule has 1 heterocycles. The van der Waals surface area contributed by atoms with Crippen molar-refractivity contribution in [3.05, 3.63) is 29.8 Å². The Balaban J connectivity index is 2.56. The highest BCUT2D eigenvalue weighted by Gasteiger charge is 2.06. The van der Waals surface area contributed by atoms with Crippen LogP contribution in [0.15, 0.2) is 18.5 Å². The average Bonchev–Trinajstić information content (AvgIpc) is 2.14.